The van der Waals surface area contributed by atoms with Crippen LogP contribution in [0.1, 0.15) is 11.4 Å². The third kappa shape index (κ3) is 3.72. The summed E-state index contributed by atoms with van der Waals surface area (Å²) in [5.74, 6) is -3.37. The van der Waals surface area contributed by atoms with Gasteiger partial charge in [0.25, 0.3) is 5.76 Å². The van der Waals surface area contributed by atoms with Crippen LogP contribution in [0.2, 0.25) is 15.2 Å². The largest absolute Gasteiger partial charge is 0.416 e. The SMILES string of the molecule is N#Cc1nc(Cl)c(SC(F)F)n1-c1c(Cl)cc(C(F)(F)F)cc1Cl. The summed E-state index contributed by atoms with van der Waals surface area (Å²) >= 11 is 17.4. The average molecular weight is 423 g/mol. The van der Waals surface area contributed by atoms with Gasteiger partial charge in [0, 0.05) is 0 Å². The van der Waals surface area contributed by atoms with E-state index < -0.39 is 38.5 Å². The van der Waals surface area contributed by atoms with Crippen molar-refractivity contribution in [2.45, 2.75) is 17.0 Å². The minimum Gasteiger partial charge on any atom is -0.274 e. The average Bonchev–Trinajstić information content (AvgIpc) is 2.73. The molecule has 0 saturated heterocycles. The lowest BCUT2D eigenvalue weighted by Crippen LogP contribution is -2.08. The second kappa shape index (κ2) is 6.96. The van der Waals surface area contributed by atoms with Crippen LogP contribution in [0.5, 0.6) is 0 Å². The highest BCUT2D eigenvalue weighted by molar-refractivity contribution is 7.99. The summed E-state index contributed by atoms with van der Waals surface area (Å²) < 4.78 is 64.5. The number of nitriles is 1. The van der Waals surface area contributed by atoms with E-state index in [-0.39, 0.29) is 22.5 Å². The zero-order chi connectivity index (χ0) is 18.2. The summed E-state index contributed by atoms with van der Waals surface area (Å²) in [6.07, 6.45) is -4.71. The Labute approximate surface area is 150 Å². The minimum atomic E-state index is -4.71. The first-order valence-electron chi connectivity index (χ1n) is 5.76. The molecule has 128 valence electrons. The van der Waals surface area contributed by atoms with Gasteiger partial charge < -0.3 is 0 Å². The molecule has 1 aromatic heterocycles. The number of alkyl halides is 5. The third-order valence-corrected chi connectivity index (χ3v) is 4.39. The van der Waals surface area contributed by atoms with Gasteiger partial charge in [-0.1, -0.05) is 34.8 Å². The van der Waals surface area contributed by atoms with Gasteiger partial charge in [0.2, 0.25) is 5.82 Å². The number of halogens is 8. The monoisotopic (exact) mass is 421 g/mol. The zero-order valence-corrected chi connectivity index (χ0v) is 14.1. The van der Waals surface area contributed by atoms with Crippen molar-refractivity contribution in [1.29, 1.82) is 5.26 Å². The number of aromatic nitrogens is 2. The molecule has 2 rings (SSSR count). The Morgan fingerprint density at radius 1 is 1.17 bits per heavy atom. The van der Waals surface area contributed by atoms with Crippen molar-refractivity contribution >= 4 is 46.6 Å². The second-order valence-corrected chi connectivity index (χ2v) is 6.29. The Morgan fingerprint density at radius 3 is 2.12 bits per heavy atom. The molecule has 12 heteroatoms. The lowest BCUT2D eigenvalue weighted by Gasteiger charge is -2.15. The number of benzene rings is 1. The molecule has 1 heterocycles. The Bertz CT molecular complexity index is 806. The number of nitrogens with zero attached hydrogens (tertiary/aromatic N) is 3. The fourth-order valence-corrected chi connectivity index (χ4v) is 3.34. The molecule has 0 unspecified atom stereocenters. The first-order valence-corrected chi connectivity index (χ1v) is 7.77. The van der Waals surface area contributed by atoms with Crippen LogP contribution >= 0.6 is 46.6 Å². The molecular weight excluding hydrogens is 420 g/mol. The summed E-state index contributed by atoms with van der Waals surface area (Å²) in [6.45, 7) is 0. The third-order valence-electron chi connectivity index (χ3n) is 2.66. The van der Waals surface area contributed by atoms with E-state index in [1.807, 2.05) is 0 Å². The van der Waals surface area contributed by atoms with E-state index in [9.17, 15) is 22.0 Å². The van der Waals surface area contributed by atoms with Crippen molar-refractivity contribution in [3.8, 4) is 11.8 Å². The number of rotatable bonds is 3. The van der Waals surface area contributed by atoms with Gasteiger partial charge in [0.05, 0.1) is 21.3 Å². The molecule has 2 aromatic rings. The van der Waals surface area contributed by atoms with E-state index in [2.05, 4.69) is 4.98 Å². The first kappa shape index (κ1) is 19.1. The highest BCUT2D eigenvalue weighted by Crippen LogP contribution is 2.41. The van der Waals surface area contributed by atoms with E-state index in [4.69, 9.17) is 40.1 Å². The zero-order valence-electron chi connectivity index (χ0n) is 11.0. The van der Waals surface area contributed by atoms with Crippen LogP contribution in [0.4, 0.5) is 22.0 Å². The van der Waals surface area contributed by atoms with E-state index in [1.165, 1.54) is 0 Å². The maximum atomic E-state index is 12.8. The molecule has 0 amide bonds. The number of thioether (sulfide) groups is 1. The maximum Gasteiger partial charge on any atom is 0.416 e. The molecule has 0 spiro atoms. The number of hydrogen-bond donors (Lipinski definition) is 0. The lowest BCUT2D eigenvalue weighted by atomic mass is 10.2. The van der Waals surface area contributed by atoms with Gasteiger partial charge in [-0.25, -0.2) is 4.98 Å². The first-order chi connectivity index (χ1) is 11.1. The van der Waals surface area contributed by atoms with E-state index >= 15 is 0 Å². The molecule has 0 saturated carbocycles. The molecule has 0 bridgehead atoms. The standard InChI is InChI=1S/C12H3Cl3F5N3S/c13-5-1-4(12(18,19)20)2-6(14)8(5)23-7(3-21)22-9(15)10(23)24-11(16)17/h1-2,11H. The van der Waals surface area contributed by atoms with Crippen molar-refractivity contribution in [2.24, 2.45) is 0 Å². The quantitative estimate of drug-likeness (QED) is 0.447. The number of hydrogen-bond acceptors (Lipinski definition) is 3. The van der Waals surface area contributed by atoms with Crippen LogP contribution < -0.4 is 0 Å². The molecule has 0 fully saturated rings. The van der Waals surface area contributed by atoms with Gasteiger partial charge in [0.15, 0.2) is 5.15 Å². The Balaban J connectivity index is 2.75. The predicted octanol–water partition coefficient (Wildman–Crippen LogP) is 6.04. The lowest BCUT2D eigenvalue weighted by molar-refractivity contribution is -0.137. The van der Waals surface area contributed by atoms with Gasteiger partial charge in [-0.15, -0.1) is 0 Å². The van der Waals surface area contributed by atoms with Crippen LogP contribution in [-0.4, -0.2) is 15.3 Å². The van der Waals surface area contributed by atoms with Gasteiger partial charge >= 0.3 is 6.18 Å². The van der Waals surface area contributed by atoms with Crippen LogP contribution in [0, 0.1) is 11.3 Å². The van der Waals surface area contributed by atoms with Crippen LogP contribution in [-0.2, 0) is 6.18 Å². The van der Waals surface area contributed by atoms with Gasteiger partial charge in [-0.2, -0.15) is 27.2 Å². The molecule has 3 nitrogen and oxygen atoms in total. The Morgan fingerprint density at radius 2 is 1.71 bits per heavy atom. The van der Waals surface area contributed by atoms with Crippen molar-refractivity contribution < 1.29 is 22.0 Å². The van der Waals surface area contributed by atoms with Crippen molar-refractivity contribution in [1.82, 2.24) is 9.55 Å². The smallest absolute Gasteiger partial charge is 0.274 e. The van der Waals surface area contributed by atoms with E-state index in [0.29, 0.717) is 12.1 Å². The predicted molar refractivity (Wildman–Crippen MR) is 80.2 cm³/mol. The van der Waals surface area contributed by atoms with Crippen LogP contribution in [0.15, 0.2) is 17.2 Å². The second-order valence-electron chi connectivity index (χ2n) is 4.14. The van der Waals surface area contributed by atoms with Crippen LogP contribution in [0.25, 0.3) is 5.69 Å². The topological polar surface area (TPSA) is 41.6 Å². The summed E-state index contributed by atoms with van der Waals surface area (Å²) in [5, 5.41) is 7.26. The molecular formula is C12H3Cl3F5N3S. The van der Waals surface area contributed by atoms with Crippen molar-refractivity contribution in [2.75, 3.05) is 0 Å². The Kier molecular flexibility index (Phi) is 5.54. The summed E-state index contributed by atoms with van der Waals surface area (Å²) in [4.78, 5) is 3.59. The molecule has 0 aliphatic carbocycles. The molecule has 0 radical (unpaired) electrons. The number of imidazole rings is 1. The molecule has 0 aliphatic heterocycles. The minimum absolute atomic E-state index is 0.0456. The summed E-state index contributed by atoms with van der Waals surface area (Å²) in [6, 6.07) is 2.73. The van der Waals surface area contributed by atoms with Gasteiger partial charge in [-0.05, 0) is 23.9 Å². The summed E-state index contributed by atoms with van der Waals surface area (Å²) in [7, 11) is 0. The fraction of sp³-hybridized carbons (Fsp3) is 0.167. The van der Waals surface area contributed by atoms with Gasteiger partial charge in [0.1, 0.15) is 11.1 Å². The molecule has 24 heavy (non-hydrogen) atoms. The Hall–Kier alpha value is -1.21. The van der Waals surface area contributed by atoms with Crippen LogP contribution in [0.3, 0.4) is 0 Å². The van der Waals surface area contributed by atoms with Crippen molar-refractivity contribution in [3.05, 3.63) is 38.7 Å². The highest BCUT2D eigenvalue weighted by atomic mass is 35.5. The van der Waals surface area contributed by atoms with Gasteiger partial charge in [-0.3, -0.25) is 4.57 Å². The fourth-order valence-electron chi connectivity index (χ4n) is 1.79. The van der Waals surface area contributed by atoms with E-state index in [1.54, 1.807) is 6.07 Å². The normalized spacial score (nSPS) is 11.8. The maximum absolute atomic E-state index is 12.8. The molecule has 1 aromatic carbocycles. The molecule has 0 aliphatic rings. The van der Waals surface area contributed by atoms with E-state index in [0.717, 1.165) is 4.57 Å². The van der Waals surface area contributed by atoms with Crippen molar-refractivity contribution in [3.63, 3.8) is 0 Å². The molecule has 0 N–H and O–H groups in total. The molecule has 0 atom stereocenters. The summed E-state index contributed by atoms with van der Waals surface area (Å²) in [5.41, 5.74) is -1.43. The highest BCUT2D eigenvalue weighted by Gasteiger charge is 2.33.